The van der Waals surface area contributed by atoms with Gasteiger partial charge in [0.05, 0.1) is 6.10 Å². The Morgan fingerprint density at radius 3 is 2.18 bits per heavy atom. The summed E-state index contributed by atoms with van der Waals surface area (Å²) in [5.41, 5.74) is 0. The van der Waals surface area contributed by atoms with E-state index >= 15 is 0 Å². The number of rotatable bonds is 6. The van der Waals surface area contributed by atoms with Gasteiger partial charge in [0, 0.05) is 13.1 Å². The molecule has 1 saturated heterocycles. The van der Waals surface area contributed by atoms with Crippen LogP contribution in [0.3, 0.4) is 0 Å². The van der Waals surface area contributed by atoms with Crippen molar-refractivity contribution in [2.45, 2.75) is 52.1 Å². The molecular formula is C14H30N2O. The van der Waals surface area contributed by atoms with Crippen molar-refractivity contribution in [1.29, 1.82) is 0 Å². The summed E-state index contributed by atoms with van der Waals surface area (Å²) < 4.78 is 0. The highest BCUT2D eigenvalue weighted by molar-refractivity contribution is 4.69. The first-order valence-corrected chi connectivity index (χ1v) is 7.29. The third-order valence-electron chi connectivity index (χ3n) is 3.35. The summed E-state index contributed by atoms with van der Waals surface area (Å²) in [6.45, 7) is 9.29. The largest absolute Gasteiger partial charge is 0.390 e. The van der Waals surface area contributed by atoms with Crippen LogP contribution >= 0.6 is 0 Å². The van der Waals surface area contributed by atoms with Crippen molar-refractivity contribution in [3.8, 4) is 0 Å². The zero-order valence-corrected chi connectivity index (χ0v) is 11.6. The molecule has 1 rings (SSSR count). The predicted molar refractivity (Wildman–Crippen MR) is 73.2 cm³/mol. The van der Waals surface area contributed by atoms with E-state index < -0.39 is 0 Å². The third-order valence-corrected chi connectivity index (χ3v) is 3.35. The average molecular weight is 242 g/mol. The van der Waals surface area contributed by atoms with E-state index in [-0.39, 0.29) is 6.10 Å². The Balaban J connectivity index is 2.12. The molecule has 0 aromatic heterocycles. The first-order valence-electron chi connectivity index (χ1n) is 7.29. The molecule has 1 fully saturated rings. The lowest BCUT2D eigenvalue weighted by Gasteiger charge is -2.27. The molecular weight excluding hydrogens is 212 g/mol. The Bertz CT molecular complexity index is 177. The van der Waals surface area contributed by atoms with Crippen molar-refractivity contribution < 1.29 is 5.11 Å². The van der Waals surface area contributed by atoms with Crippen LogP contribution in [-0.4, -0.2) is 48.8 Å². The quantitative estimate of drug-likeness (QED) is 0.746. The molecule has 0 aliphatic carbocycles. The van der Waals surface area contributed by atoms with Crippen LogP contribution < -0.4 is 5.32 Å². The van der Waals surface area contributed by atoms with E-state index in [4.69, 9.17) is 0 Å². The molecule has 0 bridgehead atoms. The Morgan fingerprint density at radius 1 is 1.00 bits per heavy atom. The minimum Gasteiger partial charge on any atom is -0.390 e. The molecule has 0 spiro atoms. The van der Waals surface area contributed by atoms with Gasteiger partial charge in [-0.2, -0.15) is 0 Å². The first-order chi connectivity index (χ1) is 8.18. The van der Waals surface area contributed by atoms with Crippen molar-refractivity contribution in [3.63, 3.8) is 0 Å². The van der Waals surface area contributed by atoms with Gasteiger partial charge in [0.2, 0.25) is 0 Å². The molecule has 1 unspecified atom stereocenters. The molecule has 0 aromatic carbocycles. The maximum absolute atomic E-state index is 9.97. The molecule has 2 N–H and O–H groups in total. The van der Waals surface area contributed by atoms with Gasteiger partial charge in [-0.25, -0.2) is 0 Å². The van der Waals surface area contributed by atoms with Crippen LogP contribution in [0.4, 0.5) is 0 Å². The lowest BCUT2D eigenvalue weighted by atomic mass is 10.1. The summed E-state index contributed by atoms with van der Waals surface area (Å²) >= 11 is 0. The smallest absolute Gasteiger partial charge is 0.0791 e. The van der Waals surface area contributed by atoms with Crippen molar-refractivity contribution in [2.24, 2.45) is 5.92 Å². The summed E-state index contributed by atoms with van der Waals surface area (Å²) in [6.07, 6.45) is 6.49. The van der Waals surface area contributed by atoms with Crippen LogP contribution in [0.25, 0.3) is 0 Å². The summed E-state index contributed by atoms with van der Waals surface area (Å²) in [6, 6.07) is 0. The summed E-state index contributed by atoms with van der Waals surface area (Å²) in [5.74, 6) is 0.656. The SMILES string of the molecule is CC(C)CNCC(O)CN1CCCCCCC1. The standard InChI is InChI=1S/C14H30N2O/c1-13(2)10-15-11-14(17)12-16-8-6-4-3-5-7-9-16/h13-15,17H,3-12H2,1-2H3. The van der Waals surface area contributed by atoms with Gasteiger partial charge in [-0.15, -0.1) is 0 Å². The first kappa shape index (κ1) is 14.9. The summed E-state index contributed by atoms with van der Waals surface area (Å²) in [5, 5.41) is 13.3. The second-order valence-corrected chi connectivity index (χ2v) is 5.77. The number of hydrogen-bond acceptors (Lipinski definition) is 3. The molecule has 0 amide bonds. The topological polar surface area (TPSA) is 35.5 Å². The normalized spacial score (nSPS) is 21.2. The number of hydrogen-bond donors (Lipinski definition) is 2. The van der Waals surface area contributed by atoms with Gasteiger partial charge in [-0.1, -0.05) is 33.1 Å². The highest BCUT2D eigenvalue weighted by Crippen LogP contribution is 2.10. The summed E-state index contributed by atoms with van der Waals surface area (Å²) in [7, 11) is 0. The Labute approximate surface area is 107 Å². The zero-order chi connectivity index (χ0) is 12.5. The highest BCUT2D eigenvalue weighted by Gasteiger charge is 2.12. The lowest BCUT2D eigenvalue weighted by molar-refractivity contribution is 0.106. The number of likely N-dealkylation sites (tertiary alicyclic amines) is 1. The van der Waals surface area contributed by atoms with E-state index in [9.17, 15) is 5.11 Å². The molecule has 3 nitrogen and oxygen atoms in total. The molecule has 0 aromatic rings. The highest BCUT2D eigenvalue weighted by atomic mass is 16.3. The number of nitrogens with one attached hydrogen (secondary N) is 1. The second kappa shape index (κ2) is 8.90. The molecule has 1 aliphatic rings. The van der Waals surface area contributed by atoms with Gasteiger partial charge in [-0.3, -0.25) is 0 Å². The molecule has 0 radical (unpaired) electrons. The predicted octanol–water partition coefficient (Wildman–Crippen LogP) is 1.86. The summed E-state index contributed by atoms with van der Waals surface area (Å²) in [4.78, 5) is 2.43. The van der Waals surface area contributed by atoms with Gasteiger partial charge in [-0.05, 0) is 38.4 Å². The van der Waals surface area contributed by atoms with Crippen molar-refractivity contribution in [2.75, 3.05) is 32.7 Å². The van der Waals surface area contributed by atoms with Gasteiger partial charge in [0.1, 0.15) is 0 Å². The van der Waals surface area contributed by atoms with E-state index in [1.165, 1.54) is 45.2 Å². The second-order valence-electron chi connectivity index (χ2n) is 5.77. The van der Waals surface area contributed by atoms with Crippen LogP contribution in [0.5, 0.6) is 0 Å². The number of aliphatic hydroxyl groups excluding tert-OH is 1. The average Bonchev–Trinajstić information content (AvgIpc) is 2.21. The van der Waals surface area contributed by atoms with Crippen LogP contribution in [0.15, 0.2) is 0 Å². The molecule has 17 heavy (non-hydrogen) atoms. The molecule has 102 valence electrons. The van der Waals surface area contributed by atoms with E-state index in [1.807, 2.05) is 0 Å². The van der Waals surface area contributed by atoms with Crippen LogP contribution in [-0.2, 0) is 0 Å². The molecule has 1 aliphatic heterocycles. The van der Waals surface area contributed by atoms with Crippen molar-refractivity contribution in [3.05, 3.63) is 0 Å². The number of nitrogens with zero attached hydrogens (tertiary/aromatic N) is 1. The Kier molecular flexibility index (Phi) is 7.82. The van der Waals surface area contributed by atoms with Crippen molar-refractivity contribution in [1.82, 2.24) is 10.2 Å². The van der Waals surface area contributed by atoms with Crippen LogP contribution in [0, 0.1) is 5.92 Å². The van der Waals surface area contributed by atoms with Crippen LogP contribution in [0.1, 0.15) is 46.0 Å². The molecule has 1 atom stereocenters. The lowest BCUT2D eigenvalue weighted by Crippen LogP contribution is -2.40. The molecule has 3 heteroatoms. The number of β-amino-alcohol motifs (C(OH)–C–C–N with tert-alkyl or cyclic N) is 1. The van der Waals surface area contributed by atoms with Gasteiger partial charge in [0.25, 0.3) is 0 Å². The Hall–Kier alpha value is -0.120. The van der Waals surface area contributed by atoms with E-state index in [1.54, 1.807) is 0 Å². The van der Waals surface area contributed by atoms with Gasteiger partial charge >= 0.3 is 0 Å². The maximum Gasteiger partial charge on any atom is 0.0791 e. The fraction of sp³-hybridized carbons (Fsp3) is 1.00. The van der Waals surface area contributed by atoms with E-state index in [0.29, 0.717) is 5.92 Å². The van der Waals surface area contributed by atoms with Gasteiger partial charge in [0.15, 0.2) is 0 Å². The minimum absolute atomic E-state index is 0.215. The minimum atomic E-state index is -0.215. The van der Waals surface area contributed by atoms with Crippen LogP contribution in [0.2, 0.25) is 0 Å². The zero-order valence-electron chi connectivity index (χ0n) is 11.6. The van der Waals surface area contributed by atoms with E-state index in [2.05, 4.69) is 24.1 Å². The Morgan fingerprint density at radius 2 is 1.59 bits per heavy atom. The van der Waals surface area contributed by atoms with Gasteiger partial charge < -0.3 is 15.3 Å². The van der Waals surface area contributed by atoms with Crippen molar-refractivity contribution >= 4 is 0 Å². The molecule has 1 heterocycles. The fourth-order valence-corrected chi connectivity index (χ4v) is 2.40. The fourth-order valence-electron chi connectivity index (χ4n) is 2.40. The number of aliphatic hydroxyl groups is 1. The maximum atomic E-state index is 9.97. The third kappa shape index (κ3) is 7.74. The monoisotopic (exact) mass is 242 g/mol. The molecule has 0 saturated carbocycles. The van der Waals surface area contributed by atoms with E-state index in [0.717, 1.165) is 19.6 Å².